The van der Waals surface area contributed by atoms with Crippen molar-refractivity contribution in [2.75, 3.05) is 5.73 Å². The zero-order chi connectivity index (χ0) is 24.1. The van der Waals surface area contributed by atoms with Crippen LogP contribution in [-0.4, -0.2) is 64.0 Å². The molecule has 0 aromatic carbocycles. The summed E-state index contributed by atoms with van der Waals surface area (Å²) in [6.07, 6.45) is -3.06. The van der Waals surface area contributed by atoms with E-state index in [-0.39, 0.29) is 36.2 Å². The molecule has 1 aliphatic heterocycles. The second-order valence-corrected chi connectivity index (χ2v) is 10.8. The van der Waals surface area contributed by atoms with Crippen LogP contribution in [0.1, 0.15) is 53.2 Å². The molecule has 1 fully saturated rings. The summed E-state index contributed by atoms with van der Waals surface area (Å²) < 4.78 is 25.5. The third-order valence-corrected chi connectivity index (χ3v) is 8.44. The summed E-state index contributed by atoms with van der Waals surface area (Å²) >= 11 is 0. The first-order valence-corrected chi connectivity index (χ1v) is 12.0. The Hall–Kier alpha value is -1.79. The average molecular weight is 474 g/mol. The van der Waals surface area contributed by atoms with E-state index in [1.165, 1.54) is 23.8 Å². The largest absolute Gasteiger partial charge is 0.388 e. The lowest BCUT2D eigenvalue weighted by Crippen LogP contribution is -2.40. The third-order valence-electron chi connectivity index (χ3n) is 6.21. The zero-order valence-corrected chi connectivity index (χ0v) is 19.3. The molecule has 1 aliphatic rings. The highest BCUT2D eigenvalue weighted by atomic mass is 31.2. The molecule has 7 atom stereocenters. The molecule has 0 spiro atoms. The molecule has 0 amide bonds. The van der Waals surface area contributed by atoms with Gasteiger partial charge in [-0.1, -0.05) is 13.8 Å². The number of nitrogens with two attached hydrogens (primary N) is 1. The van der Waals surface area contributed by atoms with E-state index in [1.54, 1.807) is 20.8 Å². The number of aromatic nitrogens is 3. The number of aliphatic hydroxyl groups is 3. The molecule has 3 rings (SSSR count). The molecular weight excluding hydrogens is 443 g/mol. The molecule has 2 aromatic rings. The van der Waals surface area contributed by atoms with Crippen molar-refractivity contribution >= 4 is 24.6 Å². The van der Waals surface area contributed by atoms with Crippen LogP contribution >= 0.6 is 7.60 Å². The van der Waals surface area contributed by atoms with Crippen LogP contribution in [0.25, 0.3) is 11.0 Å². The van der Waals surface area contributed by atoms with E-state index in [9.17, 15) is 29.6 Å². The van der Waals surface area contributed by atoms with Crippen LogP contribution in [0.3, 0.4) is 0 Å². The number of aliphatic hydroxyl groups excluding tert-OH is 2. The molecule has 13 heteroatoms. The van der Waals surface area contributed by atoms with Crippen molar-refractivity contribution in [3.63, 3.8) is 0 Å². The number of nitrogens with zero attached hydrogens (tertiary/aromatic N) is 2. The topological polar surface area (TPSA) is 193 Å². The molecule has 2 aromatic heterocycles. The molecule has 5 unspecified atom stereocenters. The minimum Gasteiger partial charge on any atom is -0.388 e. The van der Waals surface area contributed by atoms with Gasteiger partial charge in [-0.25, -0.2) is 0 Å². The number of anilines is 1. The van der Waals surface area contributed by atoms with Crippen LogP contribution in [0, 0.1) is 0 Å². The highest BCUT2D eigenvalue weighted by molar-refractivity contribution is 7.54. The van der Waals surface area contributed by atoms with E-state index in [0.29, 0.717) is 0 Å². The van der Waals surface area contributed by atoms with Gasteiger partial charge in [0.05, 0.1) is 17.1 Å². The van der Waals surface area contributed by atoms with E-state index in [1.807, 2.05) is 0 Å². The Balaban J connectivity index is 1.86. The molecule has 180 valence electrons. The lowest BCUT2D eigenvalue weighted by molar-refractivity contribution is -0.0688. The predicted octanol–water partition coefficient (Wildman–Crippen LogP) is 0.805. The Morgan fingerprint density at radius 2 is 1.97 bits per heavy atom. The summed E-state index contributed by atoms with van der Waals surface area (Å²) in [5.41, 5.74) is 4.10. The van der Waals surface area contributed by atoms with Crippen molar-refractivity contribution in [1.29, 1.82) is 0 Å². The van der Waals surface area contributed by atoms with Crippen LogP contribution in [0.15, 0.2) is 17.1 Å². The van der Waals surface area contributed by atoms with Gasteiger partial charge in [0.15, 0.2) is 17.2 Å². The lowest BCUT2D eigenvalue weighted by Gasteiger charge is -2.37. The standard InChI is InChI=1S/C19H31N4O8P/c1-5-18(3,31-32(28,29)19(4,27)6-2)9-11-12(24)13(25)16(30-11)23-8-7-10-14(23)21-17(20)22-15(10)26/h7-8,11-13,16,24-25,27H,5-6,9H2,1-4H3,(H,28,29)(H3,20,21,22,26)/t11?,12?,13-,16-,18?,19?/m1/s1. The number of ether oxygens (including phenoxy) is 1. The van der Waals surface area contributed by atoms with Crippen LogP contribution < -0.4 is 11.3 Å². The van der Waals surface area contributed by atoms with Crippen LogP contribution in [0.4, 0.5) is 5.95 Å². The van der Waals surface area contributed by atoms with E-state index < -0.39 is 48.6 Å². The maximum atomic E-state index is 12.7. The highest BCUT2D eigenvalue weighted by Gasteiger charge is 2.50. The summed E-state index contributed by atoms with van der Waals surface area (Å²) in [5, 5.41) is 29.8. The lowest BCUT2D eigenvalue weighted by atomic mass is 9.93. The number of H-pyrrole nitrogens is 1. The number of rotatable bonds is 8. The van der Waals surface area contributed by atoms with Gasteiger partial charge in [-0.15, -0.1) is 0 Å². The number of hydrogen-bond donors (Lipinski definition) is 6. The predicted molar refractivity (Wildman–Crippen MR) is 116 cm³/mol. The van der Waals surface area contributed by atoms with Gasteiger partial charge in [0.1, 0.15) is 12.2 Å². The van der Waals surface area contributed by atoms with Gasteiger partial charge in [-0.2, -0.15) is 4.98 Å². The van der Waals surface area contributed by atoms with Crippen molar-refractivity contribution in [1.82, 2.24) is 14.5 Å². The maximum absolute atomic E-state index is 12.7. The van der Waals surface area contributed by atoms with Crippen LogP contribution in [0.2, 0.25) is 0 Å². The van der Waals surface area contributed by atoms with Crippen molar-refractivity contribution in [2.45, 2.75) is 82.4 Å². The molecule has 0 radical (unpaired) electrons. The number of nitrogens with one attached hydrogen (secondary N) is 1. The van der Waals surface area contributed by atoms with Crippen LogP contribution in [0.5, 0.6) is 0 Å². The molecule has 32 heavy (non-hydrogen) atoms. The SMILES string of the molecule is CCC(C)(CC1O[C@@H](n2ccc3c(=O)[nH]c(N)nc32)[C@H](O)C1O)OP(=O)(O)C(C)(O)CC. The number of fused-ring (bicyclic) bond motifs is 1. The molecule has 0 bridgehead atoms. The second-order valence-electron chi connectivity index (χ2n) is 8.65. The summed E-state index contributed by atoms with van der Waals surface area (Å²) in [4.78, 5) is 28.9. The molecule has 0 saturated carbocycles. The second kappa shape index (κ2) is 8.53. The van der Waals surface area contributed by atoms with Gasteiger partial charge in [0, 0.05) is 12.6 Å². The Kier molecular flexibility index (Phi) is 6.62. The fraction of sp³-hybridized carbons (Fsp3) is 0.684. The van der Waals surface area contributed by atoms with Gasteiger partial charge in [-0.3, -0.25) is 14.3 Å². The summed E-state index contributed by atoms with van der Waals surface area (Å²) in [5.74, 6) is -0.110. The average Bonchev–Trinajstić information content (AvgIpc) is 3.23. The molecule has 0 aliphatic carbocycles. The molecule has 1 saturated heterocycles. The van der Waals surface area contributed by atoms with E-state index in [0.717, 1.165) is 0 Å². The quantitative estimate of drug-likeness (QED) is 0.298. The van der Waals surface area contributed by atoms with E-state index >= 15 is 0 Å². The van der Waals surface area contributed by atoms with Gasteiger partial charge in [-0.05, 0) is 32.8 Å². The van der Waals surface area contributed by atoms with E-state index in [2.05, 4.69) is 9.97 Å². The fourth-order valence-electron chi connectivity index (χ4n) is 3.66. The number of aromatic amines is 1. The van der Waals surface area contributed by atoms with Crippen molar-refractivity contribution in [3.05, 3.63) is 22.6 Å². The Morgan fingerprint density at radius 3 is 2.56 bits per heavy atom. The van der Waals surface area contributed by atoms with Gasteiger partial charge in [0.25, 0.3) is 5.56 Å². The third kappa shape index (κ3) is 4.36. The summed E-state index contributed by atoms with van der Waals surface area (Å²) in [6, 6.07) is 1.49. The smallest absolute Gasteiger partial charge is 0.359 e. The van der Waals surface area contributed by atoms with Gasteiger partial charge in [0.2, 0.25) is 5.95 Å². The first-order valence-electron chi connectivity index (χ1n) is 10.4. The monoisotopic (exact) mass is 474 g/mol. The number of nitrogen functional groups attached to an aromatic ring is 1. The normalized spacial score (nSPS) is 29.5. The van der Waals surface area contributed by atoms with Crippen molar-refractivity contribution in [2.24, 2.45) is 0 Å². The summed E-state index contributed by atoms with van der Waals surface area (Å²) in [7, 11) is -4.44. The minimum absolute atomic E-state index is 0.000120. The minimum atomic E-state index is -4.44. The number of hydrogen-bond acceptors (Lipinski definition) is 9. The molecule has 7 N–H and O–H groups in total. The first kappa shape index (κ1) is 24.8. The fourth-order valence-corrected chi connectivity index (χ4v) is 5.06. The van der Waals surface area contributed by atoms with Crippen molar-refractivity contribution in [3.8, 4) is 0 Å². The molecule has 12 nitrogen and oxygen atoms in total. The molecule has 3 heterocycles. The summed E-state index contributed by atoms with van der Waals surface area (Å²) in [6.45, 7) is 6.09. The van der Waals surface area contributed by atoms with E-state index in [4.69, 9.17) is 15.0 Å². The van der Waals surface area contributed by atoms with Crippen LogP contribution in [-0.2, 0) is 13.8 Å². The Labute approximate surface area is 184 Å². The van der Waals surface area contributed by atoms with Crippen molar-refractivity contribution < 1.29 is 34.0 Å². The highest BCUT2D eigenvalue weighted by Crippen LogP contribution is 2.59. The maximum Gasteiger partial charge on any atom is 0.359 e. The Morgan fingerprint density at radius 1 is 1.31 bits per heavy atom. The molecular formula is C19H31N4O8P. The van der Waals surface area contributed by atoms with Gasteiger partial charge >= 0.3 is 7.60 Å². The first-order chi connectivity index (χ1) is 14.7. The zero-order valence-electron chi connectivity index (χ0n) is 18.4. The Bertz CT molecular complexity index is 1080. The van der Waals surface area contributed by atoms with Gasteiger partial charge < -0.3 is 39.8 Å².